The standard InChI is InChI=1S/C13H23NOS/c1-4-13(3,15-5-2)12(14)7-6-11-8-9-16-10-11/h8-10,12H,4-7,14H2,1-3H3. The highest BCUT2D eigenvalue weighted by atomic mass is 32.1. The van der Waals surface area contributed by atoms with Crippen molar-refractivity contribution < 1.29 is 4.74 Å². The molecule has 3 heteroatoms. The zero-order chi connectivity index (χ0) is 12.0. The van der Waals surface area contributed by atoms with E-state index in [4.69, 9.17) is 10.5 Å². The van der Waals surface area contributed by atoms with E-state index in [0.717, 1.165) is 25.9 Å². The Morgan fingerprint density at radius 2 is 2.25 bits per heavy atom. The molecule has 0 saturated heterocycles. The van der Waals surface area contributed by atoms with Gasteiger partial charge in [0.15, 0.2) is 0 Å². The predicted octanol–water partition coefficient (Wildman–Crippen LogP) is 3.21. The van der Waals surface area contributed by atoms with Crippen LogP contribution in [0.3, 0.4) is 0 Å². The van der Waals surface area contributed by atoms with Crippen LogP contribution in [-0.2, 0) is 11.2 Å². The van der Waals surface area contributed by atoms with Crippen LogP contribution in [0.4, 0.5) is 0 Å². The summed E-state index contributed by atoms with van der Waals surface area (Å²) in [5, 5.41) is 4.30. The minimum Gasteiger partial charge on any atom is -0.374 e. The lowest BCUT2D eigenvalue weighted by atomic mass is 9.89. The highest BCUT2D eigenvalue weighted by Crippen LogP contribution is 2.22. The smallest absolute Gasteiger partial charge is 0.0802 e. The number of nitrogens with two attached hydrogens (primary N) is 1. The molecule has 2 N–H and O–H groups in total. The Hall–Kier alpha value is -0.380. The van der Waals surface area contributed by atoms with Crippen molar-refractivity contribution in [3.63, 3.8) is 0 Å². The van der Waals surface area contributed by atoms with Crippen LogP contribution in [0.5, 0.6) is 0 Å². The molecule has 0 aliphatic heterocycles. The first-order chi connectivity index (χ1) is 7.62. The molecule has 0 saturated carbocycles. The lowest BCUT2D eigenvalue weighted by molar-refractivity contribution is -0.0478. The Morgan fingerprint density at radius 3 is 2.75 bits per heavy atom. The zero-order valence-corrected chi connectivity index (χ0v) is 11.3. The number of hydrogen-bond acceptors (Lipinski definition) is 3. The van der Waals surface area contributed by atoms with E-state index in [1.54, 1.807) is 11.3 Å². The highest BCUT2D eigenvalue weighted by Gasteiger charge is 2.29. The van der Waals surface area contributed by atoms with E-state index >= 15 is 0 Å². The van der Waals surface area contributed by atoms with Crippen molar-refractivity contribution in [2.45, 2.75) is 51.7 Å². The molecule has 0 radical (unpaired) electrons. The quantitative estimate of drug-likeness (QED) is 0.795. The van der Waals surface area contributed by atoms with Crippen LogP contribution in [0.1, 0.15) is 39.2 Å². The van der Waals surface area contributed by atoms with Crippen molar-refractivity contribution in [1.29, 1.82) is 0 Å². The van der Waals surface area contributed by atoms with Crippen LogP contribution >= 0.6 is 11.3 Å². The van der Waals surface area contributed by atoms with E-state index in [1.165, 1.54) is 5.56 Å². The number of hydrogen-bond donors (Lipinski definition) is 1. The summed E-state index contributed by atoms with van der Waals surface area (Å²) in [6.07, 6.45) is 3.00. The van der Waals surface area contributed by atoms with Gasteiger partial charge in [0.25, 0.3) is 0 Å². The summed E-state index contributed by atoms with van der Waals surface area (Å²) in [4.78, 5) is 0. The Balaban J connectivity index is 2.46. The lowest BCUT2D eigenvalue weighted by Crippen LogP contribution is -2.47. The van der Waals surface area contributed by atoms with Gasteiger partial charge in [-0.1, -0.05) is 6.92 Å². The fraction of sp³-hybridized carbons (Fsp3) is 0.692. The fourth-order valence-corrected chi connectivity index (χ4v) is 2.57. The topological polar surface area (TPSA) is 35.2 Å². The molecule has 1 heterocycles. The maximum absolute atomic E-state index is 6.24. The molecule has 2 atom stereocenters. The van der Waals surface area contributed by atoms with Gasteiger partial charge in [-0.05, 0) is 55.5 Å². The van der Waals surface area contributed by atoms with Gasteiger partial charge in [0, 0.05) is 12.6 Å². The zero-order valence-electron chi connectivity index (χ0n) is 10.5. The lowest BCUT2D eigenvalue weighted by Gasteiger charge is -2.34. The van der Waals surface area contributed by atoms with Crippen LogP contribution in [0, 0.1) is 0 Å². The molecule has 2 nitrogen and oxygen atoms in total. The monoisotopic (exact) mass is 241 g/mol. The summed E-state index contributed by atoms with van der Waals surface area (Å²) in [5.41, 5.74) is 7.45. The van der Waals surface area contributed by atoms with Gasteiger partial charge in [-0.2, -0.15) is 11.3 Å². The highest BCUT2D eigenvalue weighted by molar-refractivity contribution is 7.07. The molecule has 1 aromatic heterocycles. The molecule has 0 amide bonds. The fourth-order valence-electron chi connectivity index (χ4n) is 1.86. The third-order valence-corrected chi connectivity index (χ3v) is 4.02. The van der Waals surface area contributed by atoms with Crippen molar-refractivity contribution >= 4 is 11.3 Å². The van der Waals surface area contributed by atoms with E-state index < -0.39 is 0 Å². The Morgan fingerprint density at radius 1 is 1.50 bits per heavy atom. The molecular formula is C13H23NOS. The Kier molecular flexibility index (Phi) is 5.46. The van der Waals surface area contributed by atoms with Gasteiger partial charge >= 0.3 is 0 Å². The maximum atomic E-state index is 6.24. The SMILES string of the molecule is CCOC(C)(CC)C(N)CCc1ccsc1. The molecule has 0 aliphatic carbocycles. The van der Waals surface area contributed by atoms with Gasteiger partial charge in [0.05, 0.1) is 5.60 Å². The van der Waals surface area contributed by atoms with E-state index in [-0.39, 0.29) is 11.6 Å². The minimum atomic E-state index is -0.176. The van der Waals surface area contributed by atoms with E-state index in [9.17, 15) is 0 Å². The number of rotatable bonds is 7. The molecule has 1 aromatic rings. The third kappa shape index (κ3) is 3.58. The van der Waals surface area contributed by atoms with Crippen molar-refractivity contribution in [3.8, 4) is 0 Å². The number of thiophene rings is 1. The summed E-state index contributed by atoms with van der Waals surface area (Å²) >= 11 is 1.74. The second kappa shape index (κ2) is 6.38. The molecule has 0 bridgehead atoms. The molecule has 2 unspecified atom stereocenters. The second-order valence-corrected chi connectivity index (χ2v) is 5.16. The average Bonchev–Trinajstić information content (AvgIpc) is 2.78. The van der Waals surface area contributed by atoms with Crippen LogP contribution in [0.2, 0.25) is 0 Å². The number of aryl methyl sites for hydroxylation is 1. The first-order valence-electron chi connectivity index (χ1n) is 6.03. The summed E-state index contributed by atoms with van der Waals surface area (Å²) in [5.74, 6) is 0. The first-order valence-corrected chi connectivity index (χ1v) is 6.97. The largest absolute Gasteiger partial charge is 0.374 e. The Bertz CT molecular complexity index is 286. The molecule has 0 aromatic carbocycles. The van der Waals surface area contributed by atoms with Crippen molar-refractivity contribution in [3.05, 3.63) is 22.4 Å². The molecule has 0 aliphatic rings. The maximum Gasteiger partial charge on any atom is 0.0802 e. The summed E-state index contributed by atoms with van der Waals surface area (Å²) in [6.45, 7) is 7.02. The van der Waals surface area contributed by atoms with Crippen molar-refractivity contribution in [2.75, 3.05) is 6.61 Å². The van der Waals surface area contributed by atoms with Gasteiger partial charge < -0.3 is 10.5 Å². The van der Waals surface area contributed by atoms with Gasteiger partial charge in [0.1, 0.15) is 0 Å². The summed E-state index contributed by atoms with van der Waals surface area (Å²) in [6, 6.07) is 2.28. The van der Waals surface area contributed by atoms with E-state index in [0.29, 0.717) is 0 Å². The van der Waals surface area contributed by atoms with Crippen LogP contribution in [-0.4, -0.2) is 18.2 Å². The van der Waals surface area contributed by atoms with Crippen molar-refractivity contribution in [2.24, 2.45) is 5.73 Å². The van der Waals surface area contributed by atoms with E-state index in [2.05, 4.69) is 30.7 Å². The van der Waals surface area contributed by atoms with Gasteiger partial charge in [-0.3, -0.25) is 0 Å². The van der Waals surface area contributed by atoms with Crippen LogP contribution in [0.15, 0.2) is 16.8 Å². The second-order valence-electron chi connectivity index (χ2n) is 4.38. The number of ether oxygens (including phenoxy) is 1. The first kappa shape index (κ1) is 13.7. The van der Waals surface area contributed by atoms with Crippen molar-refractivity contribution in [1.82, 2.24) is 0 Å². The third-order valence-electron chi connectivity index (χ3n) is 3.28. The Labute approximate surface area is 103 Å². The van der Waals surface area contributed by atoms with Crippen LogP contribution in [0.25, 0.3) is 0 Å². The molecule has 0 spiro atoms. The van der Waals surface area contributed by atoms with E-state index in [1.807, 2.05) is 6.92 Å². The predicted molar refractivity (Wildman–Crippen MR) is 70.9 cm³/mol. The minimum absolute atomic E-state index is 0.109. The van der Waals surface area contributed by atoms with Gasteiger partial charge in [-0.25, -0.2) is 0 Å². The molecular weight excluding hydrogens is 218 g/mol. The van der Waals surface area contributed by atoms with Gasteiger partial charge in [0.2, 0.25) is 0 Å². The van der Waals surface area contributed by atoms with Crippen LogP contribution < -0.4 is 5.73 Å². The summed E-state index contributed by atoms with van der Waals surface area (Å²) < 4.78 is 5.79. The molecule has 0 fully saturated rings. The molecule has 1 rings (SSSR count). The summed E-state index contributed by atoms with van der Waals surface area (Å²) in [7, 11) is 0. The average molecular weight is 241 g/mol. The van der Waals surface area contributed by atoms with Gasteiger partial charge in [-0.15, -0.1) is 0 Å². The normalized spacial score (nSPS) is 17.0. The molecule has 92 valence electrons. The molecule has 16 heavy (non-hydrogen) atoms.